The first-order valence-corrected chi connectivity index (χ1v) is 16.9. The number of ether oxygens (including phenoxy) is 4. The highest BCUT2D eigenvalue weighted by atomic mass is 32.2. The molecular weight excluding hydrogens is 716 g/mol. The fraction of sp³-hybridized carbons (Fsp3) is 0.438. The second kappa shape index (κ2) is 15.8. The summed E-state index contributed by atoms with van der Waals surface area (Å²) in [5.41, 5.74) is -2.33. The lowest BCUT2D eigenvalue weighted by atomic mass is 9.89. The van der Waals surface area contributed by atoms with Gasteiger partial charge in [0.1, 0.15) is 10.6 Å². The molecule has 0 unspecified atom stereocenters. The number of aromatic nitrogens is 1. The van der Waals surface area contributed by atoms with E-state index in [1.165, 1.54) is 30.0 Å². The molecule has 0 radical (unpaired) electrons. The Hall–Kier alpha value is -4.19. The summed E-state index contributed by atoms with van der Waals surface area (Å²) in [6.07, 6.45) is -10.5. The van der Waals surface area contributed by atoms with Crippen molar-refractivity contribution in [1.82, 2.24) is 9.88 Å². The maximum absolute atomic E-state index is 13.7. The molecule has 2 aromatic carbocycles. The monoisotopic (exact) mass is 749 g/mol. The number of nitrogens with zero attached hydrogens (tertiary/aromatic N) is 3. The van der Waals surface area contributed by atoms with Crippen molar-refractivity contribution in [2.45, 2.75) is 68.3 Å². The number of anilines is 1. The van der Waals surface area contributed by atoms with Gasteiger partial charge >= 0.3 is 30.5 Å². The number of benzene rings is 2. The average Bonchev–Trinajstić information content (AvgIpc) is 3.54. The molecule has 0 aliphatic carbocycles. The van der Waals surface area contributed by atoms with Gasteiger partial charge in [-0.25, -0.2) is 19.4 Å². The molecule has 50 heavy (non-hydrogen) atoms. The van der Waals surface area contributed by atoms with Crippen molar-refractivity contribution < 1.29 is 59.7 Å². The molecule has 0 saturated carbocycles. The number of hydrogen-bond donors (Lipinski definition) is 0. The van der Waals surface area contributed by atoms with E-state index in [-0.39, 0.29) is 37.1 Å². The highest BCUT2D eigenvalue weighted by Gasteiger charge is 2.41. The Labute approximate surface area is 291 Å². The minimum Gasteiger partial charge on any atom is -0.496 e. The number of fused-ring (bicyclic) bond motifs is 1. The zero-order valence-corrected chi connectivity index (χ0v) is 29.1. The van der Waals surface area contributed by atoms with Crippen LogP contribution in [0, 0.1) is 0 Å². The van der Waals surface area contributed by atoms with Gasteiger partial charge in [0.2, 0.25) is 0 Å². The summed E-state index contributed by atoms with van der Waals surface area (Å²) in [6.45, 7) is 4.51. The number of methoxy groups -OCH3 is 2. The fourth-order valence-corrected chi connectivity index (χ4v) is 7.31. The quantitative estimate of drug-likeness (QED) is 0.0871. The van der Waals surface area contributed by atoms with Gasteiger partial charge < -0.3 is 18.9 Å². The van der Waals surface area contributed by atoms with Crippen LogP contribution in [0.4, 0.5) is 41.6 Å². The van der Waals surface area contributed by atoms with Crippen LogP contribution in [-0.4, -0.2) is 61.5 Å². The summed E-state index contributed by atoms with van der Waals surface area (Å²) >= 11 is 2.39. The van der Waals surface area contributed by atoms with Crippen LogP contribution in [0.1, 0.15) is 70.7 Å². The standard InChI is InChI=1S/C32H33F6N3O7S2/c1-6-47-27(42)26-14-39-28(50-26)49-16-19-11-24-22(13-25(19)45-4)23(8-17(3)41(24)30(44)48-7-2)40(29(43)46-5)15-18-9-20(31(33,34)35)12-21(10-18)32(36,37)38/h9-14,17,23H,6-8,15-16H2,1-5H3/t17-,23+/m0/s1. The van der Waals surface area contributed by atoms with Crippen molar-refractivity contribution in [3.63, 3.8) is 0 Å². The van der Waals surface area contributed by atoms with Gasteiger partial charge in [0, 0.05) is 29.5 Å². The number of esters is 1. The van der Waals surface area contributed by atoms with Crippen molar-refractivity contribution >= 4 is 46.9 Å². The van der Waals surface area contributed by atoms with Gasteiger partial charge in [0.05, 0.1) is 56.5 Å². The number of rotatable bonds is 10. The van der Waals surface area contributed by atoms with Crippen LogP contribution < -0.4 is 9.64 Å². The second-order valence-electron chi connectivity index (χ2n) is 10.9. The molecule has 1 aliphatic rings. The average molecular weight is 750 g/mol. The minimum atomic E-state index is -5.10. The summed E-state index contributed by atoms with van der Waals surface area (Å²) in [5.74, 6) is 0.0425. The number of alkyl halides is 6. The lowest BCUT2D eigenvalue weighted by Crippen LogP contribution is -2.47. The van der Waals surface area contributed by atoms with Crippen LogP contribution in [-0.2, 0) is 38.9 Å². The molecule has 2 heterocycles. The summed E-state index contributed by atoms with van der Waals surface area (Å²) in [5, 5.41) is 0. The molecule has 3 aromatic rings. The third-order valence-electron chi connectivity index (χ3n) is 7.62. The molecule has 0 N–H and O–H groups in total. The Morgan fingerprint density at radius 2 is 1.62 bits per heavy atom. The lowest BCUT2D eigenvalue weighted by molar-refractivity contribution is -0.143. The van der Waals surface area contributed by atoms with Crippen molar-refractivity contribution in [2.75, 3.05) is 32.3 Å². The van der Waals surface area contributed by atoms with Gasteiger partial charge in [-0.3, -0.25) is 9.80 Å². The Kier molecular flexibility index (Phi) is 12.2. The summed E-state index contributed by atoms with van der Waals surface area (Å²) in [6, 6.07) is 2.65. The Balaban J connectivity index is 1.80. The van der Waals surface area contributed by atoms with E-state index in [0.29, 0.717) is 38.2 Å². The molecule has 10 nitrogen and oxygen atoms in total. The Bertz CT molecular complexity index is 1680. The van der Waals surface area contributed by atoms with Crippen LogP contribution in [0.15, 0.2) is 40.9 Å². The molecule has 2 atom stereocenters. The molecule has 18 heteroatoms. The van der Waals surface area contributed by atoms with Crippen molar-refractivity contribution in [1.29, 1.82) is 0 Å². The zero-order chi connectivity index (χ0) is 37.0. The maximum atomic E-state index is 13.7. The van der Waals surface area contributed by atoms with Crippen molar-refractivity contribution in [3.8, 4) is 5.75 Å². The number of carbonyl (C=O) groups excluding carboxylic acids is 3. The molecule has 1 aromatic heterocycles. The third-order valence-corrected chi connectivity index (χ3v) is 9.80. The molecule has 2 amide bonds. The van der Waals surface area contributed by atoms with Crippen LogP contribution in [0.25, 0.3) is 0 Å². The summed E-state index contributed by atoms with van der Waals surface area (Å²) in [4.78, 5) is 45.6. The van der Waals surface area contributed by atoms with Crippen molar-refractivity contribution in [3.05, 3.63) is 69.2 Å². The largest absolute Gasteiger partial charge is 0.496 e. The van der Waals surface area contributed by atoms with Crippen molar-refractivity contribution in [2.24, 2.45) is 0 Å². The number of amides is 2. The SMILES string of the molecule is CCOC(=O)c1cnc(SCc2cc3c(cc2OC)[C@H](N(Cc2cc(C(F)(F)F)cc(C(F)(F)F)c2)C(=O)OC)C[C@H](C)N3C(=O)OCC)s1. The Morgan fingerprint density at radius 1 is 0.980 bits per heavy atom. The molecule has 272 valence electrons. The Morgan fingerprint density at radius 3 is 2.18 bits per heavy atom. The number of halogens is 6. The fourth-order valence-electron chi connectivity index (χ4n) is 5.45. The predicted molar refractivity (Wildman–Crippen MR) is 171 cm³/mol. The van der Waals surface area contributed by atoms with E-state index in [1.807, 2.05) is 0 Å². The molecule has 0 fully saturated rings. The minimum absolute atomic E-state index is 0.00888. The van der Waals surface area contributed by atoms with E-state index < -0.39 is 65.8 Å². The molecule has 0 saturated heterocycles. The van der Waals surface area contributed by atoms with E-state index in [9.17, 15) is 40.7 Å². The van der Waals surface area contributed by atoms with Gasteiger partial charge in [0.15, 0.2) is 4.34 Å². The maximum Gasteiger partial charge on any atom is 0.416 e. The van der Waals surface area contributed by atoms with E-state index in [4.69, 9.17) is 18.9 Å². The van der Waals surface area contributed by atoms with E-state index in [0.717, 1.165) is 23.3 Å². The molecular formula is C32H33F6N3O7S2. The first kappa shape index (κ1) is 38.6. The van der Waals surface area contributed by atoms with Crippen LogP contribution in [0.2, 0.25) is 0 Å². The van der Waals surface area contributed by atoms with Gasteiger partial charge in [0.25, 0.3) is 0 Å². The third kappa shape index (κ3) is 8.75. The lowest BCUT2D eigenvalue weighted by Gasteiger charge is -2.43. The van der Waals surface area contributed by atoms with Crippen LogP contribution in [0.3, 0.4) is 0 Å². The summed E-state index contributed by atoms with van der Waals surface area (Å²) < 4.78 is 104. The van der Waals surface area contributed by atoms with Gasteiger partial charge in [-0.2, -0.15) is 26.3 Å². The molecule has 4 rings (SSSR count). The topological polar surface area (TPSA) is 108 Å². The number of hydrogen-bond acceptors (Lipinski definition) is 10. The van der Waals surface area contributed by atoms with E-state index >= 15 is 0 Å². The van der Waals surface area contributed by atoms with Gasteiger partial charge in [-0.1, -0.05) is 11.8 Å². The summed E-state index contributed by atoms with van der Waals surface area (Å²) in [7, 11) is 2.43. The molecule has 1 aliphatic heterocycles. The highest BCUT2D eigenvalue weighted by molar-refractivity contribution is 8.00. The second-order valence-corrected chi connectivity index (χ2v) is 13.2. The number of thiazole rings is 1. The first-order valence-electron chi connectivity index (χ1n) is 15.1. The van der Waals surface area contributed by atoms with Crippen LogP contribution >= 0.6 is 23.1 Å². The van der Waals surface area contributed by atoms with Crippen LogP contribution in [0.5, 0.6) is 5.75 Å². The van der Waals surface area contributed by atoms with E-state index in [1.54, 1.807) is 32.9 Å². The smallest absolute Gasteiger partial charge is 0.416 e. The molecule has 0 spiro atoms. The zero-order valence-electron chi connectivity index (χ0n) is 27.4. The predicted octanol–water partition coefficient (Wildman–Crippen LogP) is 8.72. The molecule has 0 bridgehead atoms. The number of carbonyl (C=O) groups is 3. The number of thioether (sulfide) groups is 1. The van der Waals surface area contributed by atoms with E-state index in [2.05, 4.69) is 4.98 Å². The van der Waals surface area contributed by atoms with Gasteiger partial charge in [-0.05, 0) is 63.1 Å². The highest BCUT2D eigenvalue weighted by Crippen LogP contribution is 2.46. The normalized spacial score (nSPS) is 16.0. The van der Waals surface area contributed by atoms with Gasteiger partial charge in [-0.15, -0.1) is 11.3 Å². The first-order chi connectivity index (χ1) is 23.5.